The van der Waals surface area contributed by atoms with E-state index in [0.29, 0.717) is 0 Å². The zero-order valence-electron chi connectivity index (χ0n) is 21.8. The van der Waals surface area contributed by atoms with E-state index >= 15 is 0 Å². The van der Waals surface area contributed by atoms with Crippen molar-refractivity contribution >= 4 is 0 Å². The van der Waals surface area contributed by atoms with Crippen LogP contribution < -0.4 is 0 Å². The summed E-state index contributed by atoms with van der Waals surface area (Å²) in [6.07, 6.45) is -14.3. The van der Waals surface area contributed by atoms with Crippen molar-refractivity contribution in [3.63, 3.8) is 0 Å². The van der Waals surface area contributed by atoms with Crippen LogP contribution in [0, 0.1) is 0 Å². The molecule has 1 fully saturated rings. The predicted octanol–water partition coefficient (Wildman–Crippen LogP) is 8.19. The lowest BCUT2D eigenvalue weighted by atomic mass is 9.84. The van der Waals surface area contributed by atoms with E-state index in [1.807, 2.05) is 0 Å². The molecule has 0 aliphatic carbocycles. The third kappa shape index (κ3) is 6.48. The summed E-state index contributed by atoms with van der Waals surface area (Å²) in [5.74, 6) is -96.3. The van der Waals surface area contributed by atoms with Crippen LogP contribution in [0.4, 0.5) is 105 Å². The maximum Gasteiger partial charge on any atom is 0.385 e. The van der Waals surface area contributed by atoms with Gasteiger partial charge in [0.1, 0.15) is 6.10 Å². The lowest BCUT2D eigenvalue weighted by molar-refractivity contribution is -0.476. The molecule has 1 N–H and O–H groups in total. The fourth-order valence-corrected chi connectivity index (χ4v) is 3.26. The maximum atomic E-state index is 13.9. The van der Waals surface area contributed by atoms with Crippen molar-refractivity contribution in [3.05, 3.63) is 0 Å². The number of aliphatic hydroxyl groups excluding tert-OH is 1. The van der Waals surface area contributed by atoms with Crippen LogP contribution in [-0.2, 0) is 9.47 Å². The van der Waals surface area contributed by atoms with E-state index in [1.54, 1.807) is 0 Å². The molecule has 0 aromatic carbocycles. The molecule has 0 spiro atoms. The molecule has 0 amide bonds. The first kappa shape index (κ1) is 43.2. The Labute approximate surface area is 244 Å². The van der Waals surface area contributed by atoms with Crippen molar-refractivity contribution in [2.24, 2.45) is 0 Å². The minimum absolute atomic E-state index is 0.184. The number of hydrogen-bond donors (Lipinski definition) is 1. The van der Waals surface area contributed by atoms with Gasteiger partial charge in [0, 0.05) is 6.42 Å². The fourth-order valence-electron chi connectivity index (χ4n) is 3.26. The number of ether oxygens (including phenoxy) is 2. The Morgan fingerprint density at radius 2 is 0.872 bits per heavy atom. The molecule has 3 nitrogen and oxygen atoms in total. The standard InChI is InChI=1S/C20H16F24O3/c21-9(22)11(25,26)13(29,30)15(33,34)17(37,38)19(41,42)20(43,44)18(39,40)16(35,36)14(31,32)12(27,28)10(23,24)3-1-2-7(45)4-46-5-8-6-47-8/h7-9,45H,1-6H2. The smallest absolute Gasteiger partial charge is 0.385 e. The Morgan fingerprint density at radius 3 is 1.19 bits per heavy atom. The molecule has 0 saturated carbocycles. The van der Waals surface area contributed by atoms with Gasteiger partial charge in [0.15, 0.2) is 0 Å². The van der Waals surface area contributed by atoms with Crippen LogP contribution >= 0.6 is 0 Å². The lowest BCUT2D eigenvalue weighted by Gasteiger charge is -2.45. The summed E-state index contributed by atoms with van der Waals surface area (Å²) in [4.78, 5) is 0. The number of hydrogen-bond acceptors (Lipinski definition) is 3. The average Bonchev–Trinajstić information content (AvgIpc) is 3.71. The van der Waals surface area contributed by atoms with Crippen molar-refractivity contribution in [3.8, 4) is 0 Å². The third-order valence-electron chi connectivity index (χ3n) is 6.35. The molecule has 2 unspecified atom stereocenters. The molecule has 1 aliphatic heterocycles. The monoisotopic (exact) mass is 760 g/mol. The summed E-state index contributed by atoms with van der Waals surface area (Å²) in [7, 11) is 0. The van der Waals surface area contributed by atoms with Crippen LogP contribution in [0.5, 0.6) is 0 Å². The summed E-state index contributed by atoms with van der Waals surface area (Å²) in [6, 6.07) is 0. The third-order valence-corrected chi connectivity index (χ3v) is 6.35. The lowest BCUT2D eigenvalue weighted by Crippen LogP contribution is -2.78. The average molecular weight is 760 g/mol. The minimum atomic E-state index is -9.49. The first-order valence-electron chi connectivity index (χ1n) is 11.7. The van der Waals surface area contributed by atoms with E-state index in [-0.39, 0.29) is 13.2 Å². The van der Waals surface area contributed by atoms with Gasteiger partial charge in [-0.15, -0.1) is 0 Å². The molecule has 0 aromatic heterocycles. The first-order valence-corrected chi connectivity index (χ1v) is 11.7. The molecule has 282 valence electrons. The predicted molar refractivity (Wildman–Crippen MR) is 101 cm³/mol. The molecule has 2 atom stereocenters. The number of aliphatic hydroxyl groups is 1. The van der Waals surface area contributed by atoms with Crippen molar-refractivity contribution in [1.82, 2.24) is 0 Å². The summed E-state index contributed by atoms with van der Waals surface area (Å²) < 4.78 is 334. The molecule has 0 bridgehead atoms. The van der Waals surface area contributed by atoms with Crippen molar-refractivity contribution in [2.75, 3.05) is 19.8 Å². The molecule has 1 aliphatic rings. The first-order chi connectivity index (χ1) is 20.4. The van der Waals surface area contributed by atoms with Gasteiger partial charge in [-0.25, -0.2) is 8.78 Å². The van der Waals surface area contributed by atoms with E-state index < -0.39 is 110 Å². The van der Waals surface area contributed by atoms with Gasteiger partial charge < -0.3 is 14.6 Å². The van der Waals surface area contributed by atoms with E-state index in [4.69, 9.17) is 4.74 Å². The zero-order chi connectivity index (χ0) is 37.9. The molecule has 1 heterocycles. The molecular formula is C20H16F24O3. The highest BCUT2D eigenvalue weighted by molar-refractivity contribution is 5.19. The second kappa shape index (κ2) is 12.5. The van der Waals surface area contributed by atoms with Gasteiger partial charge >= 0.3 is 71.6 Å². The largest absolute Gasteiger partial charge is 0.391 e. The fraction of sp³-hybridized carbons (Fsp3) is 1.00. The zero-order valence-corrected chi connectivity index (χ0v) is 21.8. The summed E-state index contributed by atoms with van der Waals surface area (Å²) in [5.41, 5.74) is 0. The SMILES string of the molecule is OC(CCCC(F)(F)C(F)(F)C(F)(F)C(F)(F)C(F)(F)C(F)(F)C(F)(F)C(F)(F)C(F)(F)C(F)(F)C(F)(F)C(F)F)COCC1CO1. The van der Waals surface area contributed by atoms with Gasteiger partial charge in [0.05, 0.1) is 25.9 Å². The van der Waals surface area contributed by atoms with Crippen molar-refractivity contribution in [1.29, 1.82) is 0 Å². The Morgan fingerprint density at radius 1 is 0.553 bits per heavy atom. The van der Waals surface area contributed by atoms with E-state index in [1.165, 1.54) is 0 Å². The van der Waals surface area contributed by atoms with E-state index in [0.717, 1.165) is 0 Å². The van der Waals surface area contributed by atoms with Crippen LogP contribution in [-0.4, -0.2) is 109 Å². The number of rotatable bonds is 19. The number of epoxide rings is 1. The van der Waals surface area contributed by atoms with E-state index in [9.17, 15) is 110 Å². The topological polar surface area (TPSA) is 42.0 Å². The van der Waals surface area contributed by atoms with Gasteiger partial charge in [-0.05, 0) is 12.8 Å². The van der Waals surface area contributed by atoms with Gasteiger partial charge in [0.25, 0.3) is 0 Å². The van der Waals surface area contributed by atoms with Gasteiger partial charge in [-0.1, -0.05) is 0 Å². The Hall–Kier alpha value is -1.80. The van der Waals surface area contributed by atoms with E-state index in [2.05, 4.69) is 4.74 Å². The molecule has 0 aromatic rings. The maximum absolute atomic E-state index is 13.9. The summed E-state index contributed by atoms with van der Waals surface area (Å²) >= 11 is 0. The summed E-state index contributed by atoms with van der Waals surface area (Å²) in [6.45, 7) is -0.830. The minimum Gasteiger partial charge on any atom is -0.391 e. The van der Waals surface area contributed by atoms with Crippen molar-refractivity contribution in [2.45, 2.75) is 103 Å². The van der Waals surface area contributed by atoms with Crippen LogP contribution in [0.25, 0.3) is 0 Å². The molecule has 0 radical (unpaired) electrons. The highest BCUT2D eigenvalue weighted by atomic mass is 19.4. The highest BCUT2D eigenvalue weighted by Crippen LogP contribution is 2.67. The highest BCUT2D eigenvalue weighted by Gasteiger charge is 2.98. The molecular weight excluding hydrogens is 744 g/mol. The van der Waals surface area contributed by atoms with Crippen LogP contribution in [0.3, 0.4) is 0 Å². The van der Waals surface area contributed by atoms with Gasteiger partial charge in [0.2, 0.25) is 0 Å². The molecule has 1 saturated heterocycles. The van der Waals surface area contributed by atoms with Gasteiger partial charge in [-0.2, -0.15) is 96.6 Å². The molecule has 27 heteroatoms. The number of alkyl halides is 24. The Balaban J connectivity index is 3.48. The Bertz CT molecular complexity index is 1070. The van der Waals surface area contributed by atoms with Crippen LogP contribution in [0.2, 0.25) is 0 Å². The van der Waals surface area contributed by atoms with Gasteiger partial charge in [-0.3, -0.25) is 0 Å². The Kier molecular flexibility index (Phi) is 11.5. The second-order valence-electron chi connectivity index (χ2n) is 9.84. The second-order valence-corrected chi connectivity index (χ2v) is 9.84. The van der Waals surface area contributed by atoms with Crippen molar-refractivity contribution < 1.29 is 120 Å². The quantitative estimate of drug-likeness (QED) is 0.107. The van der Waals surface area contributed by atoms with Crippen LogP contribution in [0.15, 0.2) is 0 Å². The number of halogens is 24. The van der Waals surface area contributed by atoms with Crippen LogP contribution in [0.1, 0.15) is 19.3 Å². The summed E-state index contributed by atoms with van der Waals surface area (Å²) in [5, 5.41) is 9.43. The molecule has 1 rings (SSSR count). The molecule has 47 heavy (non-hydrogen) atoms. The normalized spacial score (nSPS) is 19.4.